The van der Waals surface area contributed by atoms with Crippen LogP contribution in [0.4, 0.5) is 0 Å². The predicted octanol–water partition coefficient (Wildman–Crippen LogP) is 3.44. The highest BCUT2D eigenvalue weighted by Gasteiger charge is 2.27. The molecular formula is C22H25NO4. The summed E-state index contributed by atoms with van der Waals surface area (Å²) in [5, 5.41) is 9.18. The number of carbonyl (C=O) groups excluding carboxylic acids is 1. The number of ether oxygens (including phenoxy) is 1. The second-order valence-corrected chi connectivity index (χ2v) is 7.06. The zero-order valence-corrected chi connectivity index (χ0v) is 15.6. The van der Waals surface area contributed by atoms with Crippen LogP contribution in [0, 0.1) is 12.8 Å². The van der Waals surface area contributed by atoms with Gasteiger partial charge in [-0.1, -0.05) is 36.4 Å². The molecule has 1 saturated heterocycles. The molecule has 0 aromatic heterocycles. The van der Waals surface area contributed by atoms with E-state index in [-0.39, 0.29) is 12.3 Å². The van der Waals surface area contributed by atoms with Gasteiger partial charge in [0.25, 0.3) is 0 Å². The third kappa shape index (κ3) is 5.09. The van der Waals surface area contributed by atoms with E-state index in [1.165, 1.54) is 5.56 Å². The lowest BCUT2D eigenvalue weighted by Gasteiger charge is -2.30. The number of carbonyl (C=O) groups is 2. The quantitative estimate of drug-likeness (QED) is 0.849. The Kier molecular flexibility index (Phi) is 6.12. The number of carboxylic acids is 1. The monoisotopic (exact) mass is 367 g/mol. The van der Waals surface area contributed by atoms with Crippen LogP contribution in [0.15, 0.2) is 48.5 Å². The molecule has 1 atom stereocenters. The fraction of sp³-hybridized carbons (Fsp3) is 0.364. The van der Waals surface area contributed by atoms with Crippen LogP contribution < -0.4 is 4.74 Å². The van der Waals surface area contributed by atoms with Crippen LogP contribution in [0.5, 0.6) is 5.75 Å². The number of benzene rings is 2. The Balaban J connectivity index is 1.59. The number of nitrogens with zero attached hydrogens (tertiary/aromatic N) is 1. The first-order chi connectivity index (χ1) is 13.0. The van der Waals surface area contributed by atoms with Gasteiger partial charge in [0.05, 0.1) is 12.3 Å². The van der Waals surface area contributed by atoms with E-state index < -0.39 is 11.9 Å². The van der Waals surface area contributed by atoms with Crippen LogP contribution in [0.3, 0.4) is 0 Å². The van der Waals surface area contributed by atoms with E-state index in [1.54, 1.807) is 4.90 Å². The molecule has 0 radical (unpaired) electrons. The lowest BCUT2D eigenvalue weighted by Crippen LogP contribution is -2.42. The first-order valence-corrected chi connectivity index (χ1v) is 9.30. The van der Waals surface area contributed by atoms with Crippen molar-refractivity contribution in [2.24, 2.45) is 5.92 Å². The number of rotatable bonds is 6. The molecule has 5 nitrogen and oxygen atoms in total. The largest absolute Gasteiger partial charge is 0.489 e. The fourth-order valence-corrected chi connectivity index (χ4v) is 3.37. The van der Waals surface area contributed by atoms with E-state index in [0.29, 0.717) is 26.1 Å². The normalized spacial score (nSPS) is 16.8. The number of piperidine rings is 1. The molecule has 2 aromatic carbocycles. The van der Waals surface area contributed by atoms with Crippen molar-refractivity contribution in [3.8, 4) is 5.75 Å². The maximum Gasteiger partial charge on any atom is 0.308 e. The summed E-state index contributed by atoms with van der Waals surface area (Å²) in [6.07, 6.45) is 1.64. The number of aliphatic carboxylic acids is 1. The van der Waals surface area contributed by atoms with E-state index in [0.717, 1.165) is 23.3 Å². The highest BCUT2D eigenvalue weighted by Crippen LogP contribution is 2.20. The van der Waals surface area contributed by atoms with Crippen molar-refractivity contribution in [1.29, 1.82) is 0 Å². The van der Waals surface area contributed by atoms with E-state index in [9.17, 15) is 14.7 Å². The van der Waals surface area contributed by atoms with Crippen molar-refractivity contribution in [2.75, 3.05) is 13.1 Å². The molecule has 1 aliphatic rings. The molecule has 1 N–H and O–H groups in total. The number of amides is 1. The van der Waals surface area contributed by atoms with Crippen molar-refractivity contribution in [1.82, 2.24) is 4.90 Å². The highest BCUT2D eigenvalue weighted by atomic mass is 16.5. The van der Waals surface area contributed by atoms with Gasteiger partial charge in [-0.25, -0.2) is 0 Å². The zero-order valence-electron chi connectivity index (χ0n) is 15.6. The van der Waals surface area contributed by atoms with E-state index >= 15 is 0 Å². The van der Waals surface area contributed by atoms with E-state index in [2.05, 4.69) is 13.0 Å². The van der Waals surface area contributed by atoms with Crippen molar-refractivity contribution in [3.63, 3.8) is 0 Å². The Morgan fingerprint density at radius 3 is 2.78 bits per heavy atom. The van der Waals surface area contributed by atoms with Crippen LogP contribution in [0.2, 0.25) is 0 Å². The van der Waals surface area contributed by atoms with Gasteiger partial charge >= 0.3 is 5.97 Å². The van der Waals surface area contributed by atoms with Crippen LogP contribution >= 0.6 is 0 Å². The smallest absolute Gasteiger partial charge is 0.308 e. The molecule has 1 heterocycles. The molecule has 0 unspecified atom stereocenters. The van der Waals surface area contributed by atoms with Crippen LogP contribution in [0.1, 0.15) is 29.5 Å². The minimum atomic E-state index is -0.820. The van der Waals surface area contributed by atoms with Crippen LogP contribution in [-0.4, -0.2) is 35.0 Å². The molecule has 2 aromatic rings. The molecule has 142 valence electrons. The maximum absolute atomic E-state index is 12.6. The summed E-state index contributed by atoms with van der Waals surface area (Å²) in [6.45, 7) is 3.47. The second kappa shape index (κ2) is 8.71. The maximum atomic E-state index is 12.6. The van der Waals surface area contributed by atoms with Gasteiger partial charge in [-0.15, -0.1) is 0 Å². The highest BCUT2D eigenvalue weighted by molar-refractivity contribution is 5.80. The molecular weight excluding hydrogens is 342 g/mol. The predicted molar refractivity (Wildman–Crippen MR) is 103 cm³/mol. The summed E-state index contributed by atoms with van der Waals surface area (Å²) in [5.74, 6) is -0.576. The van der Waals surface area contributed by atoms with Crippen molar-refractivity contribution in [2.45, 2.75) is 32.8 Å². The Morgan fingerprint density at radius 2 is 2.00 bits per heavy atom. The summed E-state index contributed by atoms with van der Waals surface area (Å²) >= 11 is 0. The van der Waals surface area contributed by atoms with Gasteiger partial charge in [0.1, 0.15) is 12.4 Å². The minimum absolute atomic E-state index is 0.0306. The summed E-state index contributed by atoms with van der Waals surface area (Å²) in [5.41, 5.74) is 3.19. The topological polar surface area (TPSA) is 66.8 Å². The fourth-order valence-electron chi connectivity index (χ4n) is 3.37. The van der Waals surface area contributed by atoms with Crippen molar-refractivity contribution >= 4 is 11.9 Å². The number of carboxylic acid groups (broad SMARTS) is 1. The number of hydrogen-bond acceptors (Lipinski definition) is 3. The van der Waals surface area contributed by atoms with Gasteiger partial charge in [-0.05, 0) is 48.6 Å². The lowest BCUT2D eigenvalue weighted by molar-refractivity contribution is -0.145. The summed E-state index contributed by atoms with van der Waals surface area (Å²) in [7, 11) is 0. The minimum Gasteiger partial charge on any atom is -0.489 e. The van der Waals surface area contributed by atoms with Gasteiger partial charge in [-0.2, -0.15) is 0 Å². The van der Waals surface area contributed by atoms with Crippen LogP contribution in [0.25, 0.3) is 0 Å². The molecule has 27 heavy (non-hydrogen) atoms. The molecule has 0 aliphatic carbocycles. The molecule has 3 rings (SSSR count). The zero-order chi connectivity index (χ0) is 19.2. The molecule has 1 fully saturated rings. The Labute approximate surface area is 159 Å². The third-order valence-corrected chi connectivity index (χ3v) is 5.03. The van der Waals surface area contributed by atoms with Gasteiger partial charge in [0, 0.05) is 13.1 Å². The second-order valence-electron chi connectivity index (χ2n) is 7.06. The Bertz CT molecular complexity index is 817. The van der Waals surface area contributed by atoms with E-state index in [1.807, 2.05) is 42.5 Å². The third-order valence-electron chi connectivity index (χ3n) is 5.03. The molecule has 1 aliphatic heterocycles. The molecule has 1 amide bonds. The average Bonchev–Trinajstić information content (AvgIpc) is 2.68. The van der Waals surface area contributed by atoms with Gasteiger partial charge in [-0.3, -0.25) is 9.59 Å². The first kappa shape index (κ1) is 19.0. The van der Waals surface area contributed by atoms with Crippen molar-refractivity contribution < 1.29 is 19.4 Å². The number of hydrogen-bond donors (Lipinski definition) is 1. The SMILES string of the molecule is Cc1ccccc1COc1cccc(CC(=O)N2CCC[C@H](C(=O)O)C2)c1. The van der Waals surface area contributed by atoms with Crippen molar-refractivity contribution in [3.05, 3.63) is 65.2 Å². The Hall–Kier alpha value is -2.82. The Morgan fingerprint density at radius 1 is 1.19 bits per heavy atom. The summed E-state index contributed by atoms with van der Waals surface area (Å²) in [4.78, 5) is 25.4. The molecule has 0 spiro atoms. The van der Waals surface area contributed by atoms with Gasteiger partial charge in [0.2, 0.25) is 5.91 Å². The molecule has 5 heteroatoms. The average molecular weight is 367 g/mol. The molecule has 0 saturated carbocycles. The standard InChI is InChI=1S/C22H25NO4/c1-16-6-2-3-8-19(16)15-27-20-10-4-7-17(12-20)13-21(24)23-11-5-9-18(14-23)22(25)26/h2-4,6-8,10,12,18H,5,9,11,13-15H2,1H3,(H,25,26)/t18-/m0/s1. The number of aryl methyl sites for hydroxylation is 1. The number of likely N-dealkylation sites (tertiary alicyclic amines) is 1. The van der Waals surface area contributed by atoms with Gasteiger partial charge in [0.15, 0.2) is 0 Å². The van der Waals surface area contributed by atoms with Crippen LogP contribution in [-0.2, 0) is 22.6 Å². The summed E-state index contributed by atoms with van der Waals surface area (Å²) < 4.78 is 5.89. The summed E-state index contributed by atoms with van der Waals surface area (Å²) in [6, 6.07) is 15.6. The molecule has 0 bridgehead atoms. The van der Waals surface area contributed by atoms with Gasteiger partial charge < -0.3 is 14.7 Å². The lowest BCUT2D eigenvalue weighted by atomic mass is 9.97. The van der Waals surface area contributed by atoms with E-state index in [4.69, 9.17) is 4.74 Å². The first-order valence-electron chi connectivity index (χ1n) is 9.30.